The van der Waals surface area contributed by atoms with Crippen molar-refractivity contribution in [1.82, 2.24) is 4.90 Å². The lowest BCUT2D eigenvalue weighted by atomic mass is 10.0. The van der Waals surface area contributed by atoms with E-state index in [4.69, 9.17) is 10.8 Å². The number of hydrogen-bond acceptors (Lipinski definition) is 3. The molecule has 2 rings (SSSR count). The fourth-order valence-electron chi connectivity index (χ4n) is 1.83. The normalized spacial score (nSPS) is 18.0. The zero-order chi connectivity index (χ0) is 11.5. The smallest absolute Gasteiger partial charge is 0.240 e. The Morgan fingerprint density at radius 1 is 1.44 bits per heavy atom. The lowest BCUT2D eigenvalue weighted by molar-refractivity contribution is -0.142. The first-order valence-electron chi connectivity index (χ1n) is 5.43. The van der Waals surface area contributed by atoms with Crippen LogP contribution in [0, 0.1) is 0 Å². The highest BCUT2D eigenvalue weighted by atomic mass is 16.3. The van der Waals surface area contributed by atoms with Crippen LogP contribution in [0.15, 0.2) is 30.3 Å². The summed E-state index contributed by atoms with van der Waals surface area (Å²) in [6.45, 7) is 0.836. The number of nitrogens with zero attached hydrogens (tertiary/aromatic N) is 1. The van der Waals surface area contributed by atoms with Crippen molar-refractivity contribution in [3.63, 3.8) is 0 Å². The molecule has 0 aromatic heterocycles. The minimum atomic E-state index is -0.505. The van der Waals surface area contributed by atoms with E-state index in [1.807, 2.05) is 30.3 Å². The Morgan fingerprint density at radius 2 is 2.06 bits per heavy atom. The minimum absolute atomic E-state index is 0.0749. The molecule has 0 radical (unpaired) electrons. The molecule has 1 atom stereocenters. The second-order valence-electron chi connectivity index (χ2n) is 4.19. The van der Waals surface area contributed by atoms with Crippen molar-refractivity contribution in [2.24, 2.45) is 5.73 Å². The predicted molar refractivity (Wildman–Crippen MR) is 60.7 cm³/mol. The van der Waals surface area contributed by atoms with E-state index in [-0.39, 0.29) is 12.0 Å². The van der Waals surface area contributed by atoms with Gasteiger partial charge in [0.2, 0.25) is 5.91 Å². The molecular formula is C12H16N2O2. The number of aliphatic hydroxyl groups excluding tert-OH is 1. The molecule has 16 heavy (non-hydrogen) atoms. The number of amides is 1. The topological polar surface area (TPSA) is 66.6 Å². The molecule has 1 fully saturated rings. The van der Waals surface area contributed by atoms with Gasteiger partial charge in [0.25, 0.3) is 0 Å². The number of carbonyl (C=O) groups excluding carboxylic acids is 1. The van der Waals surface area contributed by atoms with Crippen molar-refractivity contribution >= 4 is 5.91 Å². The van der Waals surface area contributed by atoms with E-state index in [0.717, 1.165) is 5.56 Å². The summed E-state index contributed by atoms with van der Waals surface area (Å²) in [6, 6.07) is 9.20. The molecule has 0 aliphatic carbocycles. The van der Waals surface area contributed by atoms with Crippen LogP contribution in [0.3, 0.4) is 0 Å². The lowest BCUT2D eigenvalue weighted by Crippen LogP contribution is -2.58. The summed E-state index contributed by atoms with van der Waals surface area (Å²) >= 11 is 0. The van der Waals surface area contributed by atoms with Gasteiger partial charge in [-0.2, -0.15) is 0 Å². The summed E-state index contributed by atoms with van der Waals surface area (Å²) in [5.41, 5.74) is 6.89. The molecule has 1 aromatic rings. The van der Waals surface area contributed by atoms with E-state index in [0.29, 0.717) is 19.5 Å². The molecule has 4 nitrogen and oxygen atoms in total. The van der Waals surface area contributed by atoms with Gasteiger partial charge in [-0.15, -0.1) is 0 Å². The molecule has 0 bridgehead atoms. The van der Waals surface area contributed by atoms with Crippen LogP contribution in [0.5, 0.6) is 0 Å². The van der Waals surface area contributed by atoms with E-state index in [9.17, 15) is 4.79 Å². The number of likely N-dealkylation sites (tertiary alicyclic amines) is 1. The Labute approximate surface area is 94.7 Å². The number of β-amino-alcohol motifs (C(OH)–C–C–N with tert-alkyl or cyclic N) is 1. The summed E-state index contributed by atoms with van der Waals surface area (Å²) < 4.78 is 0. The minimum Gasteiger partial charge on any atom is -0.389 e. The Balaban J connectivity index is 1.88. The third kappa shape index (κ3) is 2.40. The number of rotatable bonds is 3. The van der Waals surface area contributed by atoms with Crippen molar-refractivity contribution in [1.29, 1.82) is 0 Å². The van der Waals surface area contributed by atoms with E-state index >= 15 is 0 Å². The van der Waals surface area contributed by atoms with Crippen LogP contribution in [-0.4, -0.2) is 41.1 Å². The number of nitrogens with two attached hydrogens (primary N) is 1. The van der Waals surface area contributed by atoms with Gasteiger partial charge in [0, 0.05) is 13.1 Å². The van der Waals surface area contributed by atoms with Gasteiger partial charge in [0.15, 0.2) is 0 Å². The number of carbonyl (C=O) groups is 1. The third-order valence-corrected chi connectivity index (χ3v) is 2.79. The van der Waals surface area contributed by atoms with E-state index in [2.05, 4.69) is 0 Å². The third-order valence-electron chi connectivity index (χ3n) is 2.79. The van der Waals surface area contributed by atoms with Gasteiger partial charge in [0.05, 0.1) is 12.1 Å². The molecule has 0 saturated carbocycles. The highest BCUT2D eigenvalue weighted by molar-refractivity contribution is 5.82. The van der Waals surface area contributed by atoms with Crippen LogP contribution >= 0.6 is 0 Å². The maximum Gasteiger partial charge on any atom is 0.240 e. The predicted octanol–water partition coefficient (Wildman–Crippen LogP) is -0.241. The fourth-order valence-corrected chi connectivity index (χ4v) is 1.83. The standard InChI is InChI=1S/C12H16N2O2/c13-11(6-9-4-2-1-3-5-9)12(16)14-7-10(15)8-14/h1-5,10-11,15H,6-8,13H2. The SMILES string of the molecule is NC(Cc1ccccc1)C(=O)N1CC(O)C1. The molecule has 1 aliphatic rings. The quantitative estimate of drug-likeness (QED) is 0.738. The van der Waals surface area contributed by atoms with Crippen molar-refractivity contribution in [3.8, 4) is 0 Å². The van der Waals surface area contributed by atoms with E-state index in [1.165, 1.54) is 0 Å². The molecule has 1 amide bonds. The van der Waals surface area contributed by atoms with Crippen LogP contribution in [0.25, 0.3) is 0 Å². The zero-order valence-corrected chi connectivity index (χ0v) is 9.04. The highest BCUT2D eigenvalue weighted by Gasteiger charge is 2.31. The molecule has 1 saturated heterocycles. The van der Waals surface area contributed by atoms with Crippen molar-refractivity contribution in [2.45, 2.75) is 18.6 Å². The fraction of sp³-hybridized carbons (Fsp3) is 0.417. The van der Waals surface area contributed by atoms with Crippen molar-refractivity contribution in [2.75, 3.05) is 13.1 Å². The van der Waals surface area contributed by atoms with Crippen molar-refractivity contribution < 1.29 is 9.90 Å². The number of benzene rings is 1. The maximum atomic E-state index is 11.8. The molecular weight excluding hydrogens is 204 g/mol. The number of aliphatic hydroxyl groups is 1. The van der Waals surface area contributed by atoms with Crippen LogP contribution in [0.1, 0.15) is 5.56 Å². The monoisotopic (exact) mass is 220 g/mol. The van der Waals surface area contributed by atoms with Gasteiger partial charge in [-0.05, 0) is 12.0 Å². The van der Waals surface area contributed by atoms with Crippen molar-refractivity contribution in [3.05, 3.63) is 35.9 Å². The Morgan fingerprint density at radius 3 is 2.62 bits per heavy atom. The van der Waals surface area contributed by atoms with E-state index < -0.39 is 6.04 Å². The van der Waals surface area contributed by atoms with Gasteiger partial charge in [0.1, 0.15) is 0 Å². The molecule has 1 aromatic carbocycles. The summed E-state index contributed by atoms with van der Waals surface area (Å²) in [4.78, 5) is 13.4. The Kier molecular flexibility index (Phi) is 3.22. The average Bonchev–Trinajstić information content (AvgIpc) is 2.25. The number of hydrogen-bond donors (Lipinski definition) is 2. The summed E-state index contributed by atoms with van der Waals surface area (Å²) in [5, 5.41) is 9.10. The first kappa shape index (κ1) is 11.1. The summed E-state index contributed by atoms with van der Waals surface area (Å²) in [5.74, 6) is -0.0749. The van der Waals surface area contributed by atoms with Crippen LogP contribution in [-0.2, 0) is 11.2 Å². The van der Waals surface area contributed by atoms with Gasteiger partial charge < -0.3 is 15.7 Å². The maximum absolute atomic E-state index is 11.8. The lowest BCUT2D eigenvalue weighted by Gasteiger charge is -2.37. The molecule has 1 aliphatic heterocycles. The molecule has 1 unspecified atom stereocenters. The second kappa shape index (κ2) is 4.63. The van der Waals surface area contributed by atoms with E-state index in [1.54, 1.807) is 4.90 Å². The average molecular weight is 220 g/mol. The molecule has 86 valence electrons. The molecule has 4 heteroatoms. The van der Waals surface area contributed by atoms with Gasteiger partial charge in [-0.1, -0.05) is 30.3 Å². The van der Waals surface area contributed by atoms with Crippen LogP contribution in [0.4, 0.5) is 0 Å². The Bertz CT molecular complexity index is 361. The Hall–Kier alpha value is -1.39. The molecule has 1 heterocycles. The summed E-state index contributed by atoms with van der Waals surface area (Å²) in [6.07, 6.45) is 0.180. The largest absolute Gasteiger partial charge is 0.389 e. The molecule has 0 spiro atoms. The first-order chi connectivity index (χ1) is 7.66. The van der Waals surface area contributed by atoms with Gasteiger partial charge in [-0.25, -0.2) is 0 Å². The first-order valence-corrected chi connectivity index (χ1v) is 5.43. The summed E-state index contributed by atoms with van der Waals surface area (Å²) in [7, 11) is 0. The van der Waals surface area contributed by atoms with Gasteiger partial charge >= 0.3 is 0 Å². The second-order valence-corrected chi connectivity index (χ2v) is 4.19. The van der Waals surface area contributed by atoms with Gasteiger partial charge in [-0.3, -0.25) is 4.79 Å². The van der Waals surface area contributed by atoms with Crippen LogP contribution < -0.4 is 5.73 Å². The highest BCUT2D eigenvalue weighted by Crippen LogP contribution is 2.11. The zero-order valence-electron chi connectivity index (χ0n) is 9.04. The van der Waals surface area contributed by atoms with Crippen LogP contribution in [0.2, 0.25) is 0 Å². The molecule has 3 N–H and O–H groups in total.